The van der Waals surface area contributed by atoms with Gasteiger partial charge in [0.05, 0.1) is 17.6 Å². The Balaban J connectivity index is 2.00. The summed E-state index contributed by atoms with van der Waals surface area (Å²) in [4.78, 5) is 19.3. The number of nitrogen functional groups attached to an aromatic ring is 1. The molecular formula is C11H11N5O. The number of nitrogens with one attached hydrogen (secondary N) is 2. The Labute approximate surface area is 97.9 Å². The maximum absolute atomic E-state index is 11.7. The summed E-state index contributed by atoms with van der Waals surface area (Å²) in [7, 11) is 0. The van der Waals surface area contributed by atoms with E-state index in [1.54, 1.807) is 36.8 Å². The smallest absolute Gasteiger partial charge is 0.269 e. The highest BCUT2D eigenvalue weighted by Crippen LogP contribution is 2.13. The highest BCUT2D eigenvalue weighted by atomic mass is 16.2. The Hall–Kier alpha value is -2.63. The summed E-state index contributed by atoms with van der Waals surface area (Å²) >= 11 is 0. The minimum absolute atomic E-state index is 0.261. The number of hydrogen-bond donors (Lipinski definition) is 3. The summed E-state index contributed by atoms with van der Waals surface area (Å²) in [6, 6.07) is 4.90. The third-order valence-corrected chi connectivity index (χ3v) is 2.11. The van der Waals surface area contributed by atoms with E-state index in [-0.39, 0.29) is 5.91 Å². The molecule has 2 aromatic heterocycles. The first-order valence-electron chi connectivity index (χ1n) is 4.93. The molecule has 0 spiro atoms. The van der Waals surface area contributed by atoms with Gasteiger partial charge in [0.25, 0.3) is 5.91 Å². The van der Waals surface area contributed by atoms with Gasteiger partial charge >= 0.3 is 0 Å². The van der Waals surface area contributed by atoms with Crippen LogP contribution in [-0.2, 0) is 0 Å². The first kappa shape index (κ1) is 10.9. The van der Waals surface area contributed by atoms with Crippen LogP contribution in [0.25, 0.3) is 0 Å². The Morgan fingerprint density at radius 2 is 1.82 bits per heavy atom. The van der Waals surface area contributed by atoms with Crippen molar-refractivity contribution in [2.24, 2.45) is 0 Å². The molecule has 0 fully saturated rings. The fraction of sp³-hybridized carbons (Fsp3) is 0. The van der Waals surface area contributed by atoms with Gasteiger partial charge in [0.1, 0.15) is 0 Å². The minimum Gasteiger partial charge on any atom is -0.396 e. The van der Waals surface area contributed by atoms with Crippen LogP contribution in [0.2, 0.25) is 0 Å². The standard InChI is InChI=1S/C11H11N5O/c12-9-7-14-6-3-10(9)15-16-11(17)8-1-4-13-5-2-8/h1-7H,12H2,(H,14,15)(H,16,17). The Kier molecular flexibility index (Phi) is 3.15. The van der Waals surface area contributed by atoms with Crippen molar-refractivity contribution in [1.82, 2.24) is 15.4 Å². The van der Waals surface area contributed by atoms with Crippen LogP contribution in [0.4, 0.5) is 11.4 Å². The van der Waals surface area contributed by atoms with E-state index < -0.39 is 0 Å². The summed E-state index contributed by atoms with van der Waals surface area (Å²) in [5.41, 5.74) is 12.5. The SMILES string of the molecule is Nc1cnccc1NNC(=O)c1ccncc1. The molecule has 0 aliphatic heterocycles. The first-order chi connectivity index (χ1) is 8.27. The van der Waals surface area contributed by atoms with Crippen LogP contribution in [0, 0.1) is 0 Å². The molecule has 1 amide bonds. The second-order valence-corrected chi connectivity index (χ2v) is 3.28. The molecule has 0 saturated carbocycles. The number of amides is 1. The average molecular weight is 229 g/mol. The minimum atomic E-state index is -0.261. The normalized spacial score (nSPS) is 9.65. The van der Waals surface area contributed by atoms with E-state index in [1.165, 1.54) is 6.20 Å². The quantitative estimate of drug-likeness (QED) is 0.677. The van der Waals surface area contributed by atoms with Gasteiger partial charge in [-0.25, -0.2) is 0 Å². The van der Waals surface area contributed by atoms with Gasteiger partial charge in [-0.15, -0.1) is 0 Å². The lowest BCUT2D eigenvalue weighted by molar-refractivity contribution is 0.0962. The van der Waals surface area contributed by atoms with Crippen LogP contribution in [0.5, 0.6) is 0 Å². The summed E-state index contributed by atoms with van der Waals surface area (Å²) in [5.74, 6) is -0.261. The first-order valence-corrected chi connectivity index (χ1v) is 4.93. The molecule has 0 atom stereocenters. The van der Waals surface area contributed by atoms with Gasteiger partial charge in [0.2, 0.25) is 0 Å². The van der Waals surface area contributed by atoms with Crippen LogP contribution < -0.4 is 16.6 Å². The average Bonchev–Trinajstić information content (AvgIpc) is 2.38. The molecule has 2 heterocycles. The molecule has 4 N–H and O–H groups in total. The molecule has 2 rings (SSSR count). The van der Waals surface area contributed by atoms with E-state index in [1.807, 2.05) is 0 Å². The van der Waals surface area contributed by atoms with Gasteiger partial charge < -0.3 is 5.73 Å². The van der Waals surface area contributed by atoms with Crippen LogP contribution in [-0.4, -0.2) is 15.9 Å². The predicted molar refractivity (Wildman–Crippen MR) is 64.0 cm³/mol. The molecule has 0 saturated heterocycles. The van der Waals surface area contributed by atoms with Crippen LogP contribution in [0.1, 0.15) is 10.4 Å². The number of hydrazine groups is 1. The number of nitrogens with zero attached hydrogens (tertiary/aromatic N) is 2. The van der Waals surface area contributed by atoms with Gasteiger partial charge in [-0.05, 0) is 18.2 Å². The maximum Gasteiger partial charge on any atom is 0.269 e. The Morgan fingerprint density at radius 3 is 2.53 bits per heavy atom. The third kappa shape index (κ3) is 2.69. The van der Waals surface area contributed by atoms with Crippen molar-refractivity contribution in [3.05, 3.63) is 48.5 Å². The van der Waals surface area contributed by atoms with Crippen LogP contribution in [0.3, 0.4) is 0 Å². The molecule has 2 aromatic rings. The van der Waals surface area contributed by atoms with Crippen molar-refractivity contribution in [1.29, 1.82) is 0 Å². The topological polar surface area (TPSA) is 92.9 Å². The lowest BCUT2D eigenvalue weighted by atomic mass is 10.2. The summed E-state index contributed by atoms with van der Waals surface area (Å²) in [5, 5.41) is 0. The Bertz CT molecular complexity index is 514. The zero-order chi connectivity index (χ0) is 12.1. The molecule has 6 nitrogen and oxygen atoms in total. The number of pyridine rings is 2. The van der Waals surface area contributed by atoms with Crippen molar-refractivity contribution in [3.8, 4) is 0 Å². The number of carbonyl (C=O) groups is 1. The van der Waals surface area contributed by atoms with E-state index in [0.717, 1.165) is 0 Å². The monoisotopic (exact) mass is 229 g/mol. The highest BCUT2D eigenvalue weighted by molar-refractivity contribution is 5.94. The number of nitrogens with two attached hydrogens (primary N) is 1. The van der Waals surface area contributed by atoms with Gasteiger partial charge in [-0.1, -0.05) is 0 Å². The molecule has 0 radical (unpaired) electrons. The van der Waals surface area contributed by atoms with Crippen LogP contribution in [0.15, 0.2) is 43.0 Å². The lowest BCUT2D eigenvalue weighted by Crippen LogP contribution is -2.29. The molecule has 0 bridgehead atoms. The van der Waals surface area contributed by atoms with Crippen molar-refractivity contribution < 1.29 is 4.79 Å². The molecule has 6 heteroatoms. The highest BCUT2D eigenvalue weighted by Gasteiger charge is 2.04. The molecule has 17 heavy (non-hydrogen) atoms. The van der Waals surface area contributed by atoms with Crippen LogP contribution >= 0.6 is 0 Å². The molecule has 0 aliphatic rings. The van der Waals surface area contributed by atoms with E-state index in [2.05, 4.69) is 20.8 Å². The molecule has 0 aliphatic carbocycles. The van der Waals surface area contributed by atoms with Gasteiger partial charge in [0, 0.05) is 24.2 Å². The lowest BCUT2D eigenvalue weighted by Gasteiger charge is -2.09. The molecule has 0 aromatic carbocycles. The number of aromatic nitrogens is 2. The number of rotatable bonds is 3. The largest absolute Gasteiger partial charge is 0.396 e. The zero-order valence-corrected chi connectivity index (χ0v) is 8.92. The van der Waals surface area contributed by atoms with Crippen molar-refractivity contribution >= 4 is 17.3 Å². The molecular weight excluding hydrogens is 218 g/mol. The molecule has 86 valence electrons. The number of carbonyl (C=O) groups excluding carboxylic acids is 1. The fourth-order valence-electron chi connectivity index (χ4n) is 1.22. The van der Waals surface area contributed by atoms with E-state index >= 15 is 0 Å². The summed E-state index contributed by atoms with van der Waals surface area (Å²) < 4.78 is 0. The van der Waals surface area contributed by atoms with Crippen molar-refractivity contribution in [2.45, 2.75) is 0 Å². The summed E-state index contributed by atoms with van der Waals surface area (Å²) in [6.45, 7) is 0. The number of anilines is 2. The van der Waals surface area contributed by atoms with Gasteiger partial charge in [-0.2, -0.15) is 0 Å². The number of hydrogen-bond acceptors (Lipinski definition) is 5. The molecule has 0 unspecified atom stereocenters. The second kappa shape index (κ2) is 4.93. The zero-order valence-electron chi connectivity index (χ0n) is 8.92. The summed E-state index contributed by atoms with van der Waals surface area (Å²) in [6.07, 6.45) is 6.18. The van der Waals surface area contributed by atoms with E-state index in [0.29, 0.717) is 16.9 Å². The maximum atomic E-state index is 11.7. The van der Waals surface area contributed by atoms with E-state index in [4.69, 9.17) is 5.73 Å². The van der Waals surface area contributed by atoms with Crippen molar-refractivity contribution in [3.63, 3.8) is 0 Å². The predicted octanol–water partition coefficient (Wildman–Crippen LogP) is 0.816. The fourth-order valence-corrected chi connectivity index (χ4v) is 1.22. The van der Waals surface area contributed by atoms with Gasteiger partial charge in [0.15, 0.2) is 0 Å². The van der Waals surface area contributed by atoms with Gasteiger partial charge in [-0.3, -0.25) is 25.6 Å². The second-order valence-electron chi connectivity index (χ2n) is 3.28. The van der Waals surface area contributed by atoms with E-state index in [9.17, 15) is 4.79 Å². The van der Waals surface area contributed by atoms with Crippen molar-refractivity contribution in [2.75, 3.05) is 11.2 Å². The third-order valence-electron chi connectivity index (χ3n) is 2.11. The Morgan fingerprint density at radius 1 is 1.12 bits per heavy atom.